The van der Waals surface area contributed by atoms with Gasteiger partial charge in [-0.25, -0.2) is 4.79 Å². The average Bonchev–Trinajstić information content (AvgIpc) is 2.85. The van der Waals surface area contributed by atoms with E-state index in [1.165, 1.54) is 4.90 Å². The van der Waals surface area contributed by atoms with Crippen LogP contribution in [-0.2, 0) is 4.79 Å². The summed E-state index contributed by atoms with van der Waals surface area (Å²) in [6, 6.07) is 10.7. The molecule has 8 heteroatoms. The topological polar surface area (TPSA) is 49.4 Å². The van der Waals surface area contributed by atoms with Crippen LogP contribution in [0, 0.1) is 0 Å². The van der Waals surface area contributed by atoms with E-state index in [0.29, 0.717) is 16.4 Å². The Morgan fingerprint density at radius 1 is 1.12 bits per heavy atom. The molecule has 25 heavy (non-hydrogen) atoms. The van der Waals surface area contributed by atoms with Crippen molar-refractivity contribution in [3.63, 3.8) is 0 Å². The molecule has 0 aliphatic carbocycles. The van der Waals surface area contributed by atoms with Gasteiger partial charge in [-0.15, -0.1) is 0 Å². The summed E-state index contributed by atoms with van der Waals surface area (Å²) in [6.45, 7) is 1.72. The largest absolute Gasteiger partial charge is 0.333 e. The Bertz CT molecular complexity index is 877. The Labute approximate surface area is 170 Å². The molecule has 128 valence electrons. The minimum absolute atomic E-state index is 0.307. The number of carbonyl (C=O) groups is 2. The van der Waals surface area contributed by atoms with Crippen molar-refractivity contribution in [2.45, 2.75) is 16.7 Å². The molecule has 1 heterocycles. The first-order valence-corrected chi connectivity index (χ1v) is 9.93. The zero-order valence-electron chi connectivity index (χ0n) is 12.8. The summed E-state index contributed by atoms with van der Waals surface area (Å²) in [4.78, 5) is 27.3. The summed E-state index contributed by atoms with van der Waals surface area (Å²) in [5, 5.41) is 2.98. The van der Waals surface area contributed by atoms with Crippen LogP contribution in [0.5, 0.6) is 0 Å². The van der Waals surface area contributed by atoms with Gasteiger partial charge in [-0.2, -0.15) is 0 Å². The first-order valence-electron chi connectivity index (χ1n) is 7.15. The standard InChI is InChI=1S/C17H11Br2ClN2O2S/c1-2-14-16(23)21-17(24)22(14)10-7-12(18)15(13(19)8-10)25-11-5-3-9(20)4-6-11/h2-8H,1H3,(H,21,23,24). The number of nitrogens with zero attached hydrogens (tertiary/aromatic N) is 1. The van der Waals surface area contributed by atoms with Gasteiger partial charge < -0.3 is 0 Å². The van der Waals surface area contributed by atoms with Gasteiger partial charge in [0.1, 0.15) is 5.70 Å². The van der Waals surface area contributed by atoms with Crippen LogP contribution in [0.1, 0.15) is 6.92 Å². The summed E-state index contributed by atoms with van der Waals surface area (Å²) in [5.41, 5.74) is 0.901. The Hall–Kier alpha value is -1.28. The maximum atomic E-state index is 12.1. The van der Waals surface area contributed by atoms with Gasteiger partial charge in [-0.3, -0.25) is 15.0 Å². The van der Waals surface area contributed by atoms with Crippen LogP contribution in [0.25, 0.3) is 0 Å². The van der Waals surface area contributed by atoms with Crippen LogP contribution >= 0.6 is 55.2 Å². The predicted molar refractivity (Wildman–Crippen MR) is 107 cm³/mol. The second-order valence-electron chi connectivity index (χ2n) is 5.06. The van der Waals surface area contributed by atoms with Crippen molar-refractivity contribution in [3.05, 3.63) is 62.1 Å². The highest BCUT2D eigenvalue weighted by Gasteiger charge is 2.34. The van der Waals surface area contributed by atoms with Crippen LogP contribution in [0.15, 0.2) is 66.9 Å². The third kappa shape index (κ3) is 3.79. The predicted octanol–water partition coefficient (Wildman–Crippen LogP) is 5.98. The average molecular weight is 503 g/mol. The van der Waals surface area contributed by atoms with Gasteiger partial charge in [0.25, 0.3) is 5.91 Å². The van der Waals surface area contributed by atoms with Crippen LogP contribution in [0.3, 0.4) is 0 Å². The highest BCUT2D eigenvalue weighted by atomic mass is 79.9. The molecule has 4 nitrogen and oxygen atoms in total. The number of urea groups is 1. The van der Waals surface area contributed by atoms with E-state index in [1.807, 2.05) is 36.4 Å². The highest BCUT2D eigenvalue weighted by Crippen LogP contribution is 2.42. The number of benzene rings is 2. The third-order valence-corrected chi connectivity index (χ3v) is 6.62. The summed E-state index contributed by atoms with van der Waals surface area (Å²) < 4.78 is 1.61. The number of halogens is 3. The number of imide groups is 1. The lowest BCUT2D eigenvalue weighted by Gasteiger charge is -2.18. The summed E-state index contributed by atoms with van der Waals surface area (Å²) in [7, 11) is 0. The quantitative estimate of drug-likeness (QED) is 0.415. The van der Waals surface area contributed by atoms with Crippen LogP contribution in [-0.4, -0.2) is 11.9 Å². The first-order chi connectivity index (χ1) is 11.9. The van der Waals surface area contributed by atoms with Gasteiger partial charge in [-0.1, -0.05) is 29.4 Å². The molecule has 1 aliphatic heterocycles. The Kier molecular flexibility index (Phi) is 5.58. The molecule has 1 fully saturated rings. The number of hydrogen-bond donors (Lipinski definition) is 1. The van der Waals surface area contributed by atoms with E-state index in [-0.39, 0.29) is 0 Å². The van der Waals surface area contributed by atoms with Crippen molar-refractivity contribution in [2.75, 3.05) is 4.90 Å². The molecule has 0 unspecified atom stereocenters. The van der Waals surface area contributed by atoms with Crippen molar-refractivity contribution in [2.24, 2.45) is 0 Å². The minimum atomic E-state index is -0.463. The van der Waals surface area contributed by atoms with E-state index >= 15 is 0 Å². The zero-order valence-corrected chi connectivity index (χ0v) is 17.6. The Morgan fingerprint density at radius 2 is 1.72 bits per heavy atom. The van der Waals surface area contributed by atoms with E-state index in [4.69, 9.17) is 11.6 Å². The van der Waals surface area contributed by atoms with E-state index in [1.54, 1.807) is 24.8 Å². The summed E-state index contributed by atoms with van der Waals surface area (Å²) in [6.07, 6.45) is 1.61. The minimum Gasteiger partial charge on any atom is -0.272 e. The van der Waals surface area contributed by atoms with Gasteiger partial charge in [0.2, 0.25) is 0 Å². The van der Waals surface area contributed by atoms with Crippen molar-refractivity contribution in [1.82, 2.24) is 5.32 Å². The van der Waals surface area contributed by atoms with Gasteiger partial charge in [-0.05, 0) is 75.2 Å². The van der Waals surface area contributed by atoms with E-state index in [0.717, 1.165) is 18.7 Å². The van der Waals surface area contributed by atoms with Crippen LogP contribution < -0.4 is 10.2 Å². The maximum Gasteiger partial charge on any atom is 0.333 e. The molecule has 0 saturated carbocycles. The first kappa shape index (κ1) is 18.5. The highest BCUT2D eigenvalue weighted by molar-refractivity contribution is 9.11. The van der Waals surface area contributed by atoms with Gasteiger partial charge >= 0.3 is 6.03 Å². The van der Waals surface area contributed by atoms with Crippen molar-refractivity contribution in [1.29, 1.82) is 0 Å². The molecule has 2 aromatic rings. The third-order valence-electron chi connectivity index (χ3n) is 3.45. The molecule has 0 atom stereocenters. The van der Waals surface area contributed by atoms with Crippen molar-refractivity contribution in [3.8, 4) is 0 Å². The van der Waals surface area contributed by atoms with E-state index in [9.17, 15) is 9.59 Å². The number of allylic oxidation sites excluding steroid dienone is 1. The lowest BCUT2D eigenvalue weighted by atomic mass is 10.2. The van der Waals surface area contributed by atoms with E-state index < -0.39 is 11.9 Å². The fourth-order valence-electron chi connectivity index (χ4n) is 2.34. The molecule has 0 radical (unpaired) electrons. The normalized spacial score (nSPS) is 15.8. The molecule has 2 aromatic carbocycles. The number of amides is 3. The molecule has 1 aliphatic rings. The molecular formula is C17H11Br2ClN2O2S. The van der Waals surface area contributed by atoms with Crippen LogP contribution in [0.4, 0.5) is 10.5 Å². The van der Waals surface area contributed by atoms with Gasteiger partial charge in [0.05, 0.1) is 5.69 Å². The second-order valence-corrected chi connectivity index (χ2v) is 8.29. The van der Waals surface area contributed by atoms with Gasteiger partial charge in [0, 0.05) is 23.8 Å². The van der Waals surface area contributed by atoms with E-state index in [2.05, 4.69) is 37.2 Å². The second kappa shape index (κ2) is 7.53. The zero-order chi connectivity index (χ0) is 18.1. The fourth-order valence-corrected chi connectivity index (χ4v) is 4.93. The lowest BCUT2D eigenvalue weighted by Crippen LogP contribution is -2.27. The number of anilines is 1. The SMILES string of the molecule is CC=C1C(=O)NC(=O)N1c1cc(Br)c(Sc2ccc(Cl)cc2)c(Br)c1. The molecule has 1 N–H and O–H groups in total. The van der Waals surface area contributed by atoms with Crippen molar-refractivity contribution < 1.29 is 9.59 Å². The molecule has 0 aromatic heterocycles. The molecular weight excluding hydrogens is 492 g/mol. The molecule has 3 rings (SSSR count). The molecule has 1 saturated heterocycles. The lowest BCUT2D eigenvalue weighted by molar-refractivity contribution is -0.115. The number of hydrogen-bond acceptors (Lipinski definition) is 3. The molecule has 0 bridgehead atoms. The summed E-state index contributed by atoms with van der Waals surface area (Å²) in [5.74, 6) is -0.403. The number of rotatable bonds is 3. The fraction of sp³-hybridized carbons (Fsp3) is 0.0588. The van der Waals surface area contributed by atoms with Gasteiger partial charge in [0.15, 0.2) is 0 Å². The molecule has 3 amide bonds. The smallest absolute Gasteiger partial charge is 0.272 e. The number of carbonyl (C=O) groups excluding carboxylic acids is 2. The Balaban J connectivity index is 1.96. The molecule has 0 spiro atoms. The number of nitrogens with one attached hydrogen (secondary N) is 1. The summed E-state index contributed by atoms with van der Waals surface area (Å²) >= 11 is 14.6. The Morgan fingerprint density at radius 3 is 2.28 bits per heavy atom. The van der Waals surface area contributed by atoms with Crippen LogP contribution in [0.2, 0.25) is 5.02 Å². The van der Waals surface area contributed by atoms with Crippen molar-refractivity contribution >= 4 is 72.8 Å². The monoisotopic (exact) mass is 500 g/mol. The maximum absolute atomic E-state index is 12.1.